The van der Waals surface area contributed by atoms with E-state index >= 15 is 0 Å². The second kappa shape index (κ2) is 14.4. The summed E-state index contributed by atoms with van der Waals surface area (Å²) < 4.78 is 69.0. The average Bonchev–Trinajstić information content (AvgIpc) is 1.12. The maximum absolute atomic E-state index is 8.63. The molecule has 0 radical (unpaired) electrons. The average molecular weight is 463 g/mol. The van der Waals surface area contributed by atoms with Crippen molar-refractivity contribution >= 4 is 0 Å². The van der Waals surface area contributed by atoms with Gasteiger partial charge in [0.05, 0.1) is 0 Å². The van der Waals surface area contributed by atoms with Gasteiger partial charge in [0.15, 0.2) is 0 Å². The summed E-state index contributed by atoms with van der Waals surface area (Å²) in [6.45, 7) is 0. The molecule has 0 aromatic heterocycles. The van der Waals surface area contributed by atoms with Crippen LogP contribution in [0.3, 0.4) is 0 Å². The summed E-state index contributed by atoms with van der Waals surface area (Å²) in [5, 5.41) is 0. The van der Waals surface area contributed by atoms with Crippen LogP contribution in [-0.4, -0.2) is 0 Å². The van der Waals surface area contributed by atoms with Crippen LogP contribution >= 0.6 is 0 Å². The van der Waals surface area contributed by atoms with Crippen LogP contribution in [0.5, 0.6) is 0 Å². The molecule has 0 aliphatic carbocycles. The molecule has 64 valence electrons. The first kappa shape index (κ1) is 30.4. The van der Waals surface area contributed by atoms with Gasteiger partial charge >= 0.3 is 184 Å². The molecule has 0 fully saturated rings. The summed E-state index contributed by atoms with van der Waals surface area (Å²) in [5.74, 6) is 0. The fourth-order valence-electron chi connectivity index (χ4n) is 0. The van der Waals surface area contributed by atoms with E-state index in [9.17, 15) is 0 Å². The van der Waals surface area contributed by atoms with Crippen molar-refractivity contribution in [3.8, 4) is 0 Å². The molecule has 8 nitrogen and oxygen atoms in total. The molecule has 0 saturated carbocycles. The Labute approximate surface area is 179 Å². The molecule has 0 N–H and O–H groups in total. The quantitative estimate of drug-likeness (QED) is 0.320. The number of hydrogen-bond donors (Lipinski definition) is 0. The molecule has 0 rings (SSSR count). The topological polar surface area (TPSA) is 161 Å². The van der Waals surface area contributed by atoms with E-state index in [1.54, 1.807) is 0 Å². The van der Waals surface area contributed by atoms with Gasteiger partial charge in [0.25, 0.3) is 0 Å². The first-order valence-electron chi connectivity index (χ1n) is 1.33. The Kier molecular flexibility index (Phi) is 33.6. The molecule has 0 aromatic rings. The molecule has 0 aliphatic heterocycles. The van der Waals surface area contributed by atoms with Gasteiger partial charge < -0.3 is 0 Å². The molecule has 13 heavy (non-hydrogen) atoms. The Morgan fingerprint density at radius 2 is 0.615 bits per heavy atom. The van der Waals surface area contributed by atoms with Crippen molar-refractivity contribution in [1.82, 2.24) is 0 Å². The van der Waals surface area contributed by atoms with Crippen LogP contribution in [0.15, 0.2) is 0 Å². The van der Waals surface area contributed by atoms with E-state index in [0.717, 1.165) is 0 Å². The number of rotatable bonds is 0. The van der Waals surface area contributed by atoms with Crippen LogP contribution in [0.1, 0.15) is 0 Å². The zero-order valence-electron chi connectivity index (χ0n) is 6.79. The Morgan fingerprint density at radius 3 is 0.615 bits per heavy atom. The van der Waals surface area contributed by atoms with Crippen LogP contribution in [0.25, 0.3) is 0 Å². The van der Waals surface area contributed by atoms with Gasteiger partial charge in [-0.05, 0) is 0 Å². The third kappa shape index (κ3) is 180. The minimum Gasteiger partial charge on any atom is 2.00 e. The maximum Gasteiger partial charge on any atom is 2.00 e. The van der Waals surface area contributed by atoms with Crippen molar-refractivity contribution in [1.29, 1.82) is 0 Å². The predicted molar refractivity (Wildman–Crippen MR) is 2.75 cm³/mol. The molecular formula is K2Mo2O8Zn. The van der Waals surface area contributed by atoms with Gasteiger partial charge in [-0.3, -0.25) is 0 Å². The second-order valence-electron chi connectivity index (χ2n) is 0.816. The summed E-state index contributed by atoms with van der Waals surface area (Å²) in [5.41, 5.74) is 0. The predicted octanol–water partition coefficient (Wildman–Crippen LogP) is -11.2. The van der Waals surface area contributed by atoms with Crippen molar-refractivity contribution in [2.75, 3.05) is 0 Å². The van der Waals surface area contributed by atoms with Crippen molar-refractivity contribution in [3.05, 3.63) is 0 Å². The molecule has 13 heteroatoms. The Hall–Kier alpha value is 4.31. The van der Waals surface area contributed by atoms with Gasteiger partial charge in [0.2, 0.25) is 0 Å². The van der Waals surface area contributed by atoms with E-state index in [4.69, 9.17) is 28.6 Å². The van der Waals surface area contributed by atoms with Gasteiger partial charge in [-0.2, -0.15) is 0 Å². The molecule has 0 saturated heterocycles. The molecule has 0 aliphatic rings. The monoisotopic (exact) mass is 466 g/mol. The Bertz CT molecular complexity index is 217. The smallest absolute Gasteiger partial charge is 2.00 e. The minimum atomic E-state index is -6.02. The van der Waals surface area contributed by atoms with E-state index in [1.165, 1.54) is 0 Å². The van der Waals surface area contributed by atoms with E-state index in [1.807, 2.05) is 0 Å². The largest absolute Gasteiger partial charge is 2.00 e. The molecule has 0 atom stereocenters. The summed E-state index contributed by atoms with van der Waals surface area (Å²) in [6, 6.07) is 0. The molecule has 0 heterocycles. The van der Waals surface area contributed by atoms with E-state index < -0.39 is 33.5 Å². The van der Waals surface area contributed by atoms with Crippen LogP contribution in [-0.2, 0) is 66.6 Å². The summed E-state index contributed by atoms with van der Waals surface area (Å²) in [6.07, 6.45) is 0. The maximum atomic E-state index is 8.63. The SMILES string of the molecule is [K+].[K+].[O]=[Mo](=[O])([O-])[O-].[O]=[Mo](=[O])([O-])[O-].[Zn+2]. The Morgan fingerprint density at radius 1 is 0.615 bits per heavy atom. The molecule has 0 aromatic carbocycles. The fraction of sp³-hybridized carbons (Fsp3) is 0. The van der Waals surface area contributed by atoms with Crippen molar-refractivity contribution in [2.24, 2.45) is 0 Å². The zero-order chi connectivity index (χ0) is 9.00. The molecule has 0 spiro atoms. The first-order chi connectivity index (χ1) is 4.00. The van der Waals surface area contributed by atoms with Crippen molar-refractivity contribution < 1.29 is 184 Å². The third-order valence-electron chi connectivity index (χ3n) is 0. The summed E-state index contributed by atoms with van der Waals surface area (Å²) >= 11 is -12.0. The van der Waals surface area contributed by atoms with Gasteiger partial charge in [-0.15, -0.1) is 0 Å². The number of hydrogen-bond acceptors (Lipinski definition) is 8. The Balaban J connectivity index is -0.0000000267. The second-order valence-corrected chi connectivity index (χ2v) is 4.83. The normalized spacial score (nSPS) is 8.92. The summed E-state index contributed by atoms with van der Waals surface area (Å²) in [7, 11) is 0. The van der Waals surface area contributed by atoms with Crippen molar-refractivity contribution in [2.45, 2.75) is 0 Å². The first-order valence-corrected chi connectivity index (χ1v) is 7.89. The fourth-order valence-corrected chi connectivity index (χ4v) is 0. The zero-order valence-corrected chi connectivity index (χ0v) is 20.0. The van der Waals surface area contributed by atoms with Gasteiger partial charge in [0.1, 0.15) is 0 Å². The van der Waals surface area contributed by atoms with E-state index in [0.29, 0.717) is 0 Å². The van der Waals surface area contributed by atoms with Crippen LogP contribution in [0, 0.1) is 0 Å². The van der Waals surface area contributed by atoms with Crippen LogP contribution in [0.4, 0.5) is 0 Å². The van der Waals surface area contributed by atoms with Crippen LogP contribution < -0.4 is 118 Å². The third-order valence-corrected chi connectivity index (χ3v) is 0. The van der Waals surface area contributed by atoms with Gasteiger partial charge in [-0.1, -0.05) is 0 Å². The summed E-state index contributed by atoms with van der Waals surface area (Å²) in [4.78, 5) is 0. The standard InChI is InChI=1S/2K.2Mo.8O.Zn/q2*+1;;;;;;;4*-1;+2. The minimum absolute atomic E-state index is 0. The van der Waals surface area contributed by atoms with Crippen LogP contribution in [0.2, 0.25) is 0 Å². The van der Waals surface area contributed by atoms with E-state index in [2.05, 4.69) is 0 Å². The molecule has 0 amide bonds. The van der Waals surface area contributed by atoms with Crippen molar-refractivity contribution in [3.63, 3.8) is 0 Å². The van der Waals surface area contributed by atoms with Gasteiger partial charge in [0, 0.05) is 0 Å². The molecular weight excluding hydrogens is 463 g/mol. The van der Waals surface area contributed by atoms with Gasteiger partial charge in [-0.25, -0.2) is 0 Å². The molecule has 0 bridgehead atoms. The molecule has 0 unspecified atom stereocenters. The van der Waals surface area contributed by atoms with E-state index in [-0.39, 0.29) is 122 Å².